The first-order valence-corrected chi connectivity index (χ1v) is 23.9. The van der Waals surface area contributed by atoms with Crippen molar-refractivity contribution in [2.24, 2.45) is 0 Å². The Morgan fingerprint density at radius 3 is 0.866 bits per heavy atom. The van der Waals surface area contributed by atoms with Crippen molar-refractivity contribution in [2.75, 3.05) is 0 Å². The fourth-order valence-electron chi connectivity index (χ4n) is 12.2. The van der Waals surface area contributed by atoms with E-state index >= 15 is 0 Å². The Hall–Kier alpha value is -7.32. The van der Waals surface area contributed by atoms with E-state index in [9.17, 15) is 5.11 Å². The molecule has 1 nitrogen and oxygen atoms in total. The van der Waals surface area contributed by atoms with Crippen molar-refractivity contribution in [2.45, 2.75) is 64.4 Å². The number of rotatable bonds is 5. The van der Waals surface area contributed by atoms with Crippen LogP contribution in [0.2, 0.25) is 0 Å². The molecule has 3 aliphatic carbocycles. The molecule has 0 saturated carbocycles. The van der Waals surface area contributed by atoms with Gasteiger partial charge in [-0.2, -0.15) is 0 Å². The molecule has 67 heavy (non-hydrogen) atoms. The number of aliphatic hydroxyl groups excluding tert-OH is 1. The van der Waals surface area contributed by atoms with Gasteiger partial charge in [0.25, 0.3) is 0 Å². The highest BCUT2D eigenvalue weighted by Crippen LogP contribution is 2.54. The summed E-state index contributed by atoms with van der Waals surface area (Å²) in [6.45, 7) is 14.3. The molecule has 0 bridgehead atoms. The molecule has 0 saturated heterocycles. The normalized spacial score (nSPS) is 15.2. The molecule has 0 fully saturated rings. The zero-order valence-electron chi connectivity index (χ0n) is 39.1. The zero-order valence-corrected chi connectivity index (χ0v) is 39.1. The number of fused-ring (bicyclic) bond motifs is 11. The maximum Gasteiger partial charge on any atom is 0.0681 e. The Bertz CT molecular complexity index is 3760. The molecule has 3 aliphatic rings. The van der Waals surface area contributed by atoms with Crippen LogP contribution < -0.4 is 0 Å². The first kappa shape index (κ1) is 40.0. The van der Waals surface area contributed by atoms with Gasteiger partial charge in [-0.15, -0.1) is 0 Å². The molecule has 10 aromatic rings. The first-order valence-electron chi connectivity index (χ1n) is 23.9. The van der Waals surface area contributed by atoms with Crippen LogP contribution in [0.1, 0.15) is 80.5 Å². The van der Waals surface area contributed by atoms with Crippen molar-refractivity contribution in [3.63, 3.8) is 0 Å². The summed E-state index contributed by atoms with van der Waals surface area (Å²) >= 11 is 0. The van der Waals surface area contributed by atoms with Crippen molar-refractivity contribution in [1.29, 1.82) is 0 Å². The Labute approximate surface area is 394 Å². The highest BCUT2D eigenvalue weighted by Gasteiger charge is 2.39. The second-order valence-corrected chi connectivity index (χ2v) is 21.1. The lowest BCUT2D eigenvalue weighted by atomic mass is 9.79. The average molecular weight is 861 g/mol. The molecule has 0 amide bonds. The lowest BCUT2D eigenvalue weighted by Gasteiger charge is -2.24. The SMILES string of the molecule is CC1(C)c2cc(CO)ccc2-c2ccc(-c3ccc4c(c3)C(C)(C)c3cc(-c5ccc6c(c5)C(C)(C)c5cc(-c7ccc8cc(-c9ccc%10ccccc%10c9)ccc8c7)ccc5-6)ccc3-4)cc21. The van der Waals surface area contributed by atoms with Crippen LogP contribution in [0.15, 0.2) is 188 Å². The number of aliphatic hydroxyl groups is 1. The number of hydrogen-bond donors (Lipinski definition) is 1. The van der Waals surface area contributed by atoms with Crippen LogP contribution in [0.25, 0.3) is 99.4 Å². The molecule has 0 heterocycles. The van der Waals surface area contributed by atoms with Crippen LogP contribution in [0.3, 0.4) is 0 Å². The fourth-order valence-corrected chi connectivity index (χ4v) is 12.2. The Morgan fingerprint density at radius 1 is 0.269 bits per heavy atom. The minimum Gasteiger partial charge on any atom is -0.392 e. The summed E-state index contributed by atoms with van der Waals surface area (Å²) in [4.78, 5) is 0. The van der Waals surface area contributed by atoms with E-state index in [1.807, 2.05) is 0 Å². The molecule has 0 aromatic heterocycles. The maximum absolute atomic E-state index is 9.89. The molecule has 10 aromatic carbocycles. The molecule has 0 radical (unpaired) electrons. The molecule has 322 valence electrons. The molecule has 1 N–H and O–H groups in total. The summed E-state index contributed by atoms with van der Waals surface area (Å²) in [5.74, 6) is 0. The van der Waals surface area contributed by atoms with Gasteiger partial charge in [-0.05, 0) is 187 Å². The second-order valence-electron chi connectivity index (χ2n) is 21.1. The zero-order chi connectivity index (χ0) is 45.6. The van der Waals surface area contributed by atoms with Gasteiger partial charge >= 0.3 is 0 Å². The third-order valence-corrected chi connectivity index (χ3v) is 16.2. The molecule has 1 heteroatoms. The number of hydrogen-bond acceptors (Lipinski definition) is 1. The minimum atomic E-state index is -0.158. The van der Waals surface area contributed by atoms with Crippen LogP contribution >= 0.6 is 0 Å². The molecule has 0 aliphatic heterocycles. The summed E-state index contributed by atoms with van der Waals surface area (Å²) in [5, 5.41) is 14.9. The average Bonchev–Trinajstić information content (AvgIpc) is 3.83. The van der Waals surface area contributed by atoms with Gasteiger partial charge in [-0.3, -0.25) is 0 Å². The Kier molecular flexibility index (Phi) is 8.42. The van der Waals surface area contributed by atoms with Crippen LogP contribution in [0.5, 0.6) is 0 Å². The van der Waals surface area contributed by atoms with Crippen LogP contribution in [-0.2, 0) is 22.9 Å². The van der Waals surface area contributed by atoms with E-state index in [1.54, 1.807) is 0 Å². The summed E-state index contributed by atoms with van der Waals surface area (Å²) in [6.07, 6.45) is 0. The quantitative estimate of drug-likeness (QED) is 0.183. The van der Waals surface area contributed by atoms with Gasteiger partial charge in [0.1, 0.15) is 0 Å². The largest absolute Gasteiger partial charge is 0.392 e. The van der Waals surface area contributed by atoms with E-state index in [4.69, 9.17) is 0 Å². The first-order chi connectivity index (χ1) is 32.4. The third kappa shape index (κ3) is 5.90. The second kappa shape index (κ2) is 14.1. The predicted octanol–water partition coefficient (Wildman–Crippen LogP) is 17.1. The van der Waals surface area contributed by atoms with Crippen molar-refractivity contribution < 1.29 is 5.11 Å². The fraction of sp³-hybridized carbons (Fsp3) is 0.152. The third-order valence-electron chi connectivity index (χ3n) is 16.2. The van der Waals surface area contributed by atoms with Gasteiger partial charge in [-0.1, -0.05) is 181 Å². The van der Waals surface area contributed by atoms with E-state index in [0.717, 1.165) is 5.56 Å². The van der Waals surface area contributed by atoms with Gasteiger partial charge in [0.15, 0.2) is 0 Å². The van der Waals surface area contributed by atoms with E-state index in [2.05, 4.69) is 230 Å². The van der Waals surface area contributed by atoms with Gasteiger partial charge in [-0.25, -0.2) is 0 Å². The van der Waals surface area contributed by atoms with Gasteiger partial charge in [0.2, 0.25) is 0 Å². The number of benzene rings is 10. The molecule has 0 spiro atoms. The molecule has 0 unspecified atom stereocenters. The van der Waals surface area contributed by atoms with Crippen LogP contribution in [0.4, 0.5) is 0 Å². The lowest BCUT2D eigenvalue weighted by molar-refractivity contribution is 0.281. The van der Waals surface area contributed by atoms with E-state index in [1.165, 1.54) is 133 Å². The van der Waals surface area contributed by atoms with E-state index < -0.39 is 0 Å². The summed E-state index contributed by atoms with van der Waals surface area (Å²) in [6, 6.07) is 71.1. The van der Waals surface area contributed by atoms with E-state index in [-0.39, 0.29) is 22.9 Å². The summed E-state index contributed by atoms with van der Waals surface area (Å²) in [5.41, 5.74) is 26.6. The van der Waals surface area contributed by atoms with Gasteiger partial charge in [0.05, 0.1) is 6.61 Å². The highest BCUT2D eigenvalue weighted by atomic mass is 16.3. The Balaban J connectivity index is 0.784. The van der Waals surface area contributed by atoms with Gasteiger partial charge < -0.3 is 5.11 Å². The molecule has 13 rings (SSSR count). The highest BCUT2D eigenvalue weighted by molar-refractivity contribution is 5.95. The maximum atomic E-state index is 9.89. The monoisotopic (exact) mass is 860 g/mol. The summed E-state index contributed by atoms with van der Waals surface area (Å²) < 4.78 is 0. The topological polar surface area (TPSA) is 20.2 Å². The predicted molar refractivity (Wildman–Crippen MR) is 282 cm³/mol. The van der Waals surface area contributed by atoms with E-state index in [0.29, 0.717) is 0 Å². The molecular formula is C66H52O. The van der Waals surface area contributed by atoms with Gasteiger partial charge in [0, 0.05) is 16.2 Å². The van der Waals surface area contributed by atoms with Crippen molar-refractivity contribution in [3.05, 3.63) is 227 Å². The van der Waals surface area contributed by atoms with Crippen molar-refractivity contribution >= 4 is 21.5 Å². The Morgan fingerprint density at radius 2 is 0.522 bits per heavy atom. The standard InChI is InChI=1S/C66H52O/c1-64(2)58-29-39(38-67)11-23-52(58)53-25-19-48(34-59(53)64)49-20-27-56-57-28-22-51(37-63(57)66(5,6)62(56)35-49)50-21-26-55-54-24-18-47(33-60(54)65(3,4)61(55)36-50)46-17-16-44-31-43(14-15-45(44)32-46)42-13-12-40-9-7-8-10-41(40)30-42/h7-37,67H,38H2,1-6H3. The van der Waals surface area contributed by atoms with Crippen LogP contribution in [-0.4, -0.2) is 5.11 Å². The smallest absolute Gasteiger partial charge is 0.0681 e. The molecule has 0 atom stereocenters. The molecular weight excluding hydrogens is 809 g/mol. The van der Waals surface area contributed by atoms with Crippen molar-refractivity contribution in [3.8, 4) is 77.9 Å². The van der Waals surface area contributed by atoms with Crippen molar-refractivity contribution in [1.82, 2.24) is 0 Å². The summed E-state index contributed by atoms with van der Waals surface area (Å²) in [7, 11) is 0. The lowest BCUT2D eigenvalue weighted by Crippen LogP contribution is -2.16. The minimum absolute atomic E-state index is 0.0605. The van der Waals surface area contributed by atoms with Crippen LogP contribution in [0, 0.1) is 0 Å².